The van der Waals surface area contributed by atoms with Crippen LogP contribution in [0.3, 0.4) is 0 Å². The van der Waals surface area contributed by atoms with Gasteiger partial charge in [0, 0.05) is 13.6 Å². The number of nitrogens with zero attached hydrogens (tertiary/aromatic N) is 1. The third-order valence-corrected chi connectivity index (χ3v) is 4.75. The van der Waals surface area contributed by atoms with Crippen LogP contribution in [-0.4, -0.2) is 19.1 Å². The minimum Gasteiger partial charge on any atom is -0.376 e. The Bertz CT molecular complexity index is 479. The highest BCUT2D eigenvalue weighted by molar-refractivity contribution is 5.78. The van der Waals surface area contributed by atoms with Gasteiger partial charge in [-0.2, -0.15) is 0 Å². The van der Waals surface area contributed by atoms with E-state index in [9.17, 15) is 0 Å². The zero-order valence-corrected chi connectivity index (χ0v) is 12.7. The second-order valence-corrected chi connectivity index (χ2v) is 7.42. The molecule has 0 radical (unpaired) electrons. The van der Waals surface area contributed by atoms with Crippen molar-refractivity contribution in [1.82, 2.24) is 0 Å². The summed E-state index contributed by atoms with van der Waals surface area (Å²) in [6.07, 6.45) is 5.37. The van der Waals surface area contributed by atoms with E-state index < -0.39 is 0 Å². The van der Waals surface area contributed by atoms with Gasteiger partial charge >= 0.3 is 0 Å². The fourth-order valence-electron chi connectivity index (χ4n) is 3.79. The van der Waals surface area contributed by atoms with Crippen molar-refractivity contribution < 1.29 is 0 Å². The van der Waals surface area contributed by atoms with Crippen molar-refractivity contribution >= 4 is 11.4 Å². The molecule has 104 valence electrons. The van der Waals surface area contributed by atoms with Crippen LogP contribution in [0.5, 0.6) is 0 Å². The second-order valence-electron chi connectivity index (χ2n) is 7.42. The largest absolute Gasteiger partial charge is 0.376 e. The SMILES string of the molecule is CN1CC2(CCCC2)Nc2c1cccc2C(C)(C)C. The van der Waals surface area contributed by atoms with Gasteiger partial charge in [-0.1, -0.05) is 45.7 Å². The number of rotatable bonds is 0. The maximum absolute atomic E-state index is 3.94. The zero-order chi connectivity index (χ0) is 13.7. The first-order chi connectivity index (χ1) is 8.91. The average Bonchev–Trinajstić information content (AvgIpc) is 2.75. The van der Waals surface area contributed by atoms with Crippen molar-refractivity contribution in [2.75, 3.05) is 23.8 Å². The quantitative estimate of drug-likeness (QED) is 0.751. The molecule has 0 amide bonds. The summed E-state index contributed by atoms with van der Waals surface area (Å²) in [7, 11) is 2.24. The van der Waals surface area contributed by atoms with E-state index in [1.165, 1.54) is 42.6 Å². The van der Waals surface area contributed by atoms with Gasteiger partial charge in [0.2, 0.25) is 0 Å². The van der Waals surface area contributed by atoms with E-state index in [0.29, 0.717) is 5.54 Å². The molecule has 1 heterocycles. The van der Waals surface area contributed by atoms with Crippen LogP contribution in [0.15, 0.2) is 18.2 Å². The molecular weight excluding hydrogens is 232 g/mol. The molecule has 1 aliphatic carbocycles. The lowest BCUT2D eigenvalue weighted by molar-refractivity contribution is 0.468. The number of para-hydroxylation sites is 1. The number of hydrogen-bond acceptors (Lipinski definition) is 2. The van der Waals surface area contributed by atoms with Crippen LogP contribution >= 0.6 is 0 Å². The van der Waals surface area contributed by atoms with Crippen molar-refractivity contribution in [1.29, 1.82) is 0 Å². The Hall–Kier alpha value is -1.18. The summed E-state index contributed by atoms with van der Waals surface area (Å²) in [6.45, 7) is 8.06. The van der Waals surface area contributed by atoms with Crippen LogP contribution in [0.1, 0.15) is 52.0 Å². The van der Waals surface area contributed by atoms with Gasteiger partial charge in [-0.3, -0.25) is 0 Å². The molecule has 1 spiro atoms. The van der Waals surface area contributed by atoms with Crippen LogP contribution < -0.4 is 10.2 Å². The summed E-state index contributed by atoms with van der Waals surface area (Å²) in [5.74, 6) is 0. The summed E-state index contributed by atoms with van der Waals surface area (Å²) in [6, 6.07) is 6.73. The molecule has 2 heteroatoms. The molecule has 1 N–H and O–H groups in total. The number of nitrogens with one attached hydrogen (secondary N) is 1. The summed E-state index contributed by atoms with van der Waals surface area (Å²) in [5, 5.41) is 3.94. The Balaban J connectivity index is 2.08. The van der Waals surface area contributed by atoms with E-state index in [-0.39, 0.29) is 5.41 Å². The summed E-state index contributed by atoms with van der Waals surface area (Å²) >= 11 is 0. The van der Waals surface area contributed by atoms with Crippen molar-refractivity contribution in [3.8, 4) is 0 Å². The molecule has 0 atom stereocenters. The standard InChI is InChI=1S/C17H26N2/c1-16(2,3)13-8-7-9-14-15(13)18-17(12-19(14)4)10-5-6-11-17/h7-9,18H,5-6,10-12H2,1-4H3. The Morgan fingerprint density at radius 3 is 2.47 bits per heavy atom. The maximum atomic E-state index is 3.94. The van der Waals surface area contributed by atoms with Gasteiger partial charge in [0.15, 0.2) is 0 Å². The molecule has 0 bridgehead atoms. The second kappa shape index (κ2) is 4.16. The van der Waals surface area contributed by atoms with Crippen LogP contribution in [0.2, 0.25) is 0 Å². The molecule has 1 aromatic carbocycles. The average molecular weight is 258 g/mol. The fraction of sp³-hybridized carbons (Fsp3) is 0.647. The Labute approximate surface area is 117 Å². The summed E-state index contributed by atoms with van der Waals surface area (Å²) in [4.78, 5) is 2.45. The van der Waals surface area contributed by atoms with Gasteiger partial charge in [-0.15, -0.1) is 0 Å². The van der Waals surface area contributed by atoms with Gasteiger partial charge in [-0.25, -0.2) is 0 Å². The summed E-state index contributed by atoms with van der Waals surface area (Å²) in [5.41, 5.74) is 4.71. The molecule has 1 saturated carbocycles. The van der Waals surface area contributed by atoms with E-state index in [1.807, 2.05) is 0 Å². The van der Waals surface area contributed by atoms with E-state index in [0.717, 1.165) is 6.54 Å². The number of likely N-dealkylation sites (N-methyl/N-ethyl adjacent to an activating group) is 1. The van der Waals surface area contributed by atoms with E-state index in [2.05, 4.69) is 56.2 Å². The third kappa shape index (κ3) is 2.11. The molecule has 2 aliphatic rings. The molecule has 19 heavy (non-hydrogen) atoms. The first-order valence-electron chi connectivity index (χ1n) is 7.54. The lowest BCUT2D eigenvalue weighted by Gasteiger charge is -2.44. The predicted molar refractivity (Wildman–Crippen MR) is 83.2 cm³/mol. The molecule has 1 aliphatic heterocycles. The Kier molecular flexibility index (Phi) is 2.81. The van der Waals surface area contributed by atoms with Crippen LogP contribution in [0, 0.1) is 0 Å². The van der Waals surface area contributed by atoms with Crippen LogP contribution in [0.25, 0.3) is 0 Å². The highest BCUT2D eigenvalue weighted by Crippen LogP contribution is 2.45. The van der Waals surface area contributed by atoms with Gasteiger partial charge in [-0.05, 0) is 29.9 Å². The van der Waals surface area contributed by atoms with Crippen molar-refractivity contribution in [3.63, 3.8) is 0 Å². The van der Waals surface area contributed by atoms with Gasteiger partial charge < -0.3 is 10.2 Å². The van der Waals surface area contributed by atoms with Crippen molar-refractivity contribution in [3.05, 3.63) is 23.8 Å². The van der Waals surface area contributed by atoms with Crippen molar-refractivity contribution in [2.45, 2.75) is 57.4 Å². The topological polar surface area (TPSA) is 15.3 Å². The van der Waals surface area contributed by atoms with Gasteiger partial charge in [0.1, 0.15) is 0 Å². The van der Waals surface area contributed by atoms with E-state index >= 15 is 0 Å². The highest BCUT2D eigenvalue weighted by Gasteiger charge is 2.40. The molecule has 1 fully saturated rings. The third-order valence-electron chi connectivity index (χ3n) is 4.75. The maximum Gasteiger partial charge on any atom is 0.0620 e. The first-order valence-corrected chi connectivity index (χ1v) is 7.54. The lowest BCUT2D eigenvalue weighted by Crippen LogP contribution is -2.50. The molecule has 0 saturated heterocycles. The monoisotopic (exact) mass is 258 g/mol. The normalized spacial score (nSPS) is 21.4. The van der Waals surface area contributed by atoms with E-state index in [1.54, 1.807) is 0 Å². The molecule has 3 rings (SSSR count). The Morgan fingerprint density at radius 1 is 1.16 bits per heavy atom. The molecular formula is C17H26N2. The highest BCUT2D eigenvalue weighted by atomic mass is 15.2. The fourth-order valence-corrected chi connectivity index (χ4v) is 3.79. The minimum absolute atomic E-state index is 0.191. The smallest absolute Gasteiger partial charge is 0.0620 e. The van der Waals surface area contributed by atoms with Gasteiger partial charge in [0.25, 0.3) is 0 Å². The predicted octanol–water partition coefficient (Wildman–Crippen LogP) is 4.16. The zero-order valence-electron chi connectivity index (χ0n) is 12.7. The number of benzene rings is 1. The Morgan fingerprint density at radius 2 is 1.84 bits per heavy atom. The number of fused-ring (bicyclic) bond motifs is 1. The first kappa shape index (κ1) is 12.8. The van der Waals surface area contributed by atoms with Crippen molar-refractivity contribution in [2.24, 2.45) is 0 Å². The van der Waals surface area contributed by atoms with Gasteiger partial charge in [0.05, 0.1) is 16.9 Å². The number of hydrogen-bond donors (Lipinski definition) is 1. The summed E-state index contributed by atoms with van der Waals surface area (Å²) < 4.78 is 0. The molecule has 0 aromatic heterocycles. The minimum atomic E-state index is 0.191. The van der Waals surface area contributed by atoms with Crippen LogP contribution in [0.4, 0.5) is 11.4 Å². The molecule has 0 unspecified atom stereocenters. The van der Waals surface area contributed by atoms with Crippen LogP contribution in [-0.2, 0) is 5.41 Å². The van der Waals surface area contributed by atoms with E-state index in [4.69, 9.17) is 0 Å². The number of anilines is 2. The molecule has 1 aromatic rings. The lowest BCUT2D eigenvalue weighted by atomic mass is 9.83. The molecule has 2 nitrogen and oxygen atoms in total.